The number of ether oxygens (including phenoxy) is 2. The van der Waals surface area contributed by atoms with Crippen molar-refractivity contribution in [1.29, 1.82) is 0 Å². The van der Waals surface area contributed by atoms with E-state index < -0.39 is 11.2 Å². The van der Waals surface area contributed by atoms with Gasteiger partial charge in [-0.05, 0) is 66.0 Å². The first-order valence-electron chi connectivity index (χ1n) is 8.45. The minimum absolute atomic E-state index is 0.353. The molecule has 4 nitrogen and oxygen atoms in total. The molecule has 128 valence electrons. The van der Waals surface area contributed by atoms with E-state index in [2.05, 4.69) is 11.0 Å². The Labute approximate surface area is 139 Å². The van der Waals surface area contributed by atoms with Gasteiger partial charge in [0.05, 0.1) is 0 Å². The Kier molecular flexibility index (Phi) is 5.23. The molecule has 4 heteroatoms. The van der Waals surface area contributed by atoms with Crippen LogP contribution in [0.1, 0.15) is 53.9 Å². The molecule has 0 unspecified atom stereocenters. The molecule has 1 saturated heterocycles. The van der Waals surface area contributed by atoms with E-state index in [4.69, 9.17) is 9.47 Å². The number of rotatable bonds is 4. The maximum atomic E-state index is 12.3. The molecule has 0 bridgehead atoms. The Bertz CT molecular complexity index is 540. The standard InChI is InChI=1S/C19H29NO3/c1-18(2,3)23-17(21)19(4,5)22-16-11-9-10-15(14-16)20-12-7-6-8-13-20/h9-11,14H,6-8,12-13H2,1-5H3. The first kappa shape index (κ1) is 17.6. The van der Waals surface area contributed by atoms with Crippen molar-refractivity contribution in [3.8, 4) is 5.75 Å². The lowest BCUT2D eigenvalue weighted by Gasteiger charge is -2.31. The number of anilines is 1. The first-order chi connectivity index (χ1) is 10.7. The topological polar surface area (TPSA) is 38.8 Å². The van der Waals surface area contributed by atoms with Crippen molar-refractivity contribution in [3.63, 3.8) is 0 Å². The second-order valence-electron chi connectivity index (χ2n) is 7.66. The summed E-state index contributed by atoms with van der Waals surface area (Å²) in [5, 5.41) is 0. The molecule has 0 aliphatic carbocycles. The summed E-state index contributed by atoms with van der Waals surface area (Å²) in [4.78, 5) is 14.7. The molecule has 0 radical (unpaired) electrons. The zero-order chi connectivity index (χ0) is 17.1. The lowest BCUT2D eigenvalue weighted by molar-refractivity contribution is -0.170. The Morgan fingerprint density at radius 1 is 1.04 bits per heavy atom. The highest BCUT2D eigenvalue weighted by atomic mass is 16.6. The van der Waals surface area contributed by atoms with Crippen molar-refractivity contribution in [2.45, 2.75) is 65.1 Å². The van der Waals surface area contributed by atoms with Gasteiger partial charge in [0.2, 0.25) is 0 Å². The van der Waals surface area contributed by atoms with Gasteiger partial charge in [-0.15, -0.1) is 0 Å². The highest BCUT2D eigenvalue weighted by Crippen LogP contribution is 2.27. The second-order valence-corrected chi connectivity index (χ2v) is 7.66. The lowest BCUT2D eigenvalue weighted by Crippen LogP contribution is -2.43. The van der Waals surface area contributed by atoms with Gasteiger partial charge in [-0.2, -0.15) is 0 Å². The van der Waals surface area contributed by atoms with E-state index in [1.807, 2.05) is 39.0 Å². The largest absolute Gasteiger partial charge is 0.476 e. The van der Waals surface area contributed by atoms with E-state index in [1.165, 1.54) is 19.3 Å². The van der Waals surface area contributed by atoms with E-state index in [0.29, 0.717) is 5.75 Å². The molecule has 1 aromatic rings. The van der Waals surface area contributed by atoms with Crippen LogP contribution in [0.3, 0.4) is 0 Å². The minimum atomic E-state index is -1.02. The summed E-state index contributed by atoms with van der Waals surface area (Å²) in [7, 11) is 0. The maximum absolute atomic E-state index is 12.3. The average molecular weight is 319 g/mol. The van der Waals surface area contributed by atoms with Crippen molar-refractivity contribution >= 4 is 11.7 Å². The van der Waals surface area contributed by atoms with Gasteiger partial charge in [0.15, 0.2) is 5.60 Å². The monoisotopic (exact) mass is 319 g/mol. The third-order valence-electron chi connectivity index (χ3n) is 3.80. The van der Waals surface area contributed by atoms with Crippen molar-refractivity contribution in [2.75, 3.05) is 18.0 Å². The van der Waals surface area contributed by atoms with E-state index in [0.717, 1.165) is 18.8 Å². The van der Waals surface area contributed by atoms with Gasteiger partial charge in [0.25, 0.3) is 0 Å². The normalized spacial score (nSPS) is 16.1. The van der Waals surface area contributed by atoms with Crippen molar-refractivity contribution < 1.29 is 14.3 Å². The van der Waals surface area contributed by atoms with Crippen LogP contribution in [0.15, 0.2) is 24.3 Å². The van der Waals surface area contributed by atoms with Crippen molar-refractivity contribution in [2.24, 2.45) is 0 Å². The molecule has 0 N–H and O–H groups in total. The highest BCUT2D eigenvalue weighted by molar-refractivity contribution is 5.79. The molecule has 0 saturated carbocycles. The molecule has 2 rings (SSSR count). The first-order valence-corrected chi connectivity index (χ1v) is 8.45. The van der Waals surface area contributed by atoms with Gasteiger partial charge in [0, 0.05) is 24.8 Å². The Morgan fingerprint density at radius 2 is 1.70 bits per heavy atom. The van der Waals surface area contributed by atoms with Crippen LogP contribution < -0.4 is 9.64 Å². The van der Waals surface area contributed by atoms with Crippen LogP contribution in [0.2, 0.25) is 0 Å². The van der Waals surface area contributed by atoms with Gasteiger partial charge in [0.1, 0.15) is 11.4 Å². The number of carbonyl (C=O) groups is 1. The van der Waals surface area contributed by atoms with Crippen molar-refractivity contribution in [3.05, 3.63) is 24.3 Å². The Morgan fingerprint density at radius 3 is 2.30 bits per heavy atom. The van der Waals surface area contributed by atoms with Crippen LogP contribution in [-0.2, 0) is 9.53 Å². The van der Waals surface area contributed by atoms with E-state index >= 15 is 0 Å². The zero-order valence-corrected chi connectivity index (χ0v) is 15.0. The fourth-order valence-electron chi connectivity index (χ4n) is 2.63. The molecule has 1 aliphatic heterocycles. The maximum Gasteiger partial charge on any atom is 0.350 e. The molecule has 1 heterocycles. The number of nitrogens with zero attached hydrogens (tertiary/aromatic N) is 1. The van der Waals surface area contributed by atoms with Gasteiger partial charge < -0.3 is 14.4 Å². The van der Waals surface area contributed by atoms with Gasteiger partial charge in [-0.1, -0.05) is 6.07 Å². The molecule has 1 aromatic carbocycles. The SMILES string of the molecule is CC(C)(C)OC(=O)C(C)(C)Oc1cccc(N2CCCCC2)c1. The number of hydrogen-bond donors (Lipinski definition) is 0. The number of esters is 1. The number of benzene rings is 1. The number of hydrogen-bond acceptors (Lipinski definition) is 4. The van der Waals surface area contributed by atoms with Gasteiger partial charge in [-0.3, -0.25) is 0 Å². The summed E-state index contributed by atoms with van der Waals surface area (Å²) in [6, 6.07) is 7.97. The van der Waals surface area contributed by atoms with Crippen LogP contribution in [0.25, 0.3) is 0 Å². The van der Waals surface area contributed by atoms with Gasteiger partial charge in [-0.25, -0.2) is 4.79 Å². The summed E-state index contributed by atoms with van der Waals surface area (Å²) >= 11 is 0. The zero-order valence-electron chi connectivity index (χ0n) is 15.0. The average Bonchev–Trinajstić information content (AvgIpc) is 2.46. The third-order valence-corrected chi connectivity index (χ3v) is 3.80. The summed E-state index contributed by atoms with van der Waals surface area (Å²) in [5.41, 5.74) is -0.386. The molecule has 1 aliphatic rings. The molecule has 0 aromatic heterocycles. The second kappa shape index (κ2) is 6.81. The summed E-state index contributed by atoms with van der Waals surface area (Å²) < 4.78 is 11.4. The lowest BCUT2D eigenvalue weighted by atomic mass is 10.1. The minimum Gasteiger partial charge on any atom is -0.476 e. The number of carbonyl (C=O) groups excluding carboxylic acids is 1. The molecular weight excluding hydrogens is 290 g/mol. The van der Waals surface area contributed by atoms with E-state index in [-0.39, 0.29) is 5.97 Å². The highest BCUT2D eigenvalue weighted by Gasteiger charge is 2.34. The van der Waals surface area contributed by atoms with Crippen LogP contribution >= 0.6 is 0 Å². The Balaban J connectivity index is 2.08. The number of piperidine rings is 1. The smallest absolute Gasteiger partial charge is 0.350 e. The molecule has 1 fully saturated rings. The van der Waals surface area contributed by atoms with E-state index in [9.17, 15) is 4.79 Å². The summed E-state index contributed by atoms with van der Waals surface area (Å²) in [5.74, 6) is 0.345. The summed E-state index contributed by atoms with van der Waals surface area (Å²) in [6.45, 7) is 11.2. The van der Waals surface area contributed by atoms with Crippen LogP contribution in [0, 0.1) is 0 Å². The van der Waals surface area contributed by atoms with Crippen molar-refractivity contribution in [1.82, 2.24) is 0 Å². The van der Waals surface area contributed by atoms with Crippen LogP contribution in [0.4, 0.5) is 5.69 Å². The molecular formula is C19H29NO3. The fraction of sp³-hybridized carbons (Fsp3) is 0.632. The fourth-order valence-corrected chi connectivity index (χ4v) is 2.63. The summed E-state index contributed by atoms with van der Waals surface area (Å²) in [6.07, 6.45) is 3.77. The van der Waals surface area contributed by atoms with Crippen LogP contribution in [0.5, 0.6) is 5.75 Å². The quantitative estimate of drug-likeness (QED) is 0.781. The molecule has 0 amide bonds. The predicted octanol–water partition coefficient (Wildman–Crippen LogP) is 4.18. The van der Waals surface area contributed by atoms with Gasteiger partial charge >= 0.3 is 5.97 Å². The predicted molar refractivity (Wildman–Crippen MR) is 93.1 cm³/mol. The van der Waals surface area contributed by atoms with Crippen LogP contribution in [-0.4, -0.2) is 30.3 Å². The third kappa shape index (κ3) is 5.15. The molecule has 0 atom stereocenters. The molecule has 23 heavy (non-hydrogen) atoms. The Hall–Kier alpha value is -1.71. The molecule has 0 spiro atoms. The van der Waals surface area contributed by atoms with E-state index in [1.54, 1.807) is 13.8 Å².